The Hall–Kier alpha value is -2.55. The first-order valence-corrected chi connectivity index (χ1v) is 8.44. The first kappa shape index (κ1) is 18.8. The molecule has 0 unspecified atom stereocenters. The molecule has 2 aromatic rings. The Kier molecular flexibility index (Phi) is 5.07. The Morgan fingerprint density at radius 1 is 1.04 bits per heavy atom. The van der Waals surface area contributed by atoms with Crippen LogP contribution in [0.3, 0.4) is 0 Å². The monoisotopic (exact) mass is 373 g/mol. The number of hydrogen-bond donors (Lipinski definition) is 1. The standard InChI is InChI=1S/C16H14F3NO4S/c1-11-2-8-14(9-3-11)25(23,24)20(10-15(21)22)13-6-4-12(5-7-13)16(17,18)19/h2-9H,10H2,1H3,(H,21,22). The third-order valence-corrected chi connectivity index (χ3v) is 5.16. The number of carboxylic acids is 1. The molecule has 0 bridgehead atoms. The maximum atomic E-state index is 12.7. The van der Waals surface area contributed by atoms with Crippen LogP contribution in [0.15, 0.2) is 53.4 Å². The fourth-order valence-electron chi connectivity index (χ4n) is 2.09. The van der Waals surface area contributed by atoms with E-state index < -0.39 is 34.3 Å². The quantitative estimate of drug-likeness (QED) is 0.873. The lowest BCUT2D eigenvalue weighted by molar-refractivity contribution is -0.138. The second-order valence-corrected chi connectivity index (χ2v) is 7.13. The molecule has 0 aliphatic heterocycles. The summed E-state index contributed by atoms with van der Waals surface area (Å²) in [6.07, 6.45) is -4.58. The SMILES string of the molecule is Cc1ccc(S(=O)(=O)N(CC(=O)O)c2ccc(C(F)(F)F)cc2)cc1. The fraction of sp³-hybridized carbons (Fsp3) is 0.188. The Morgan fingerprint density at radius 3 is 2.00 bits per heavy atom. The average molecular weight is 373 g/mol. The van der Waals surface area contributed by atoms with Crippen molar-refractivity contribution in [2.45, 2.75) is 18.0 Å². The smallest absolute Gasteiger partial charge is 0.416 e. The highest BCUT2D eigenvalue weighted by Crippen LogP contribution is 2.31. The largest absolute Gasteiger partial charge is 0.480 e. The van der Waals surface area contributed by atoms with Crippen LogP contribution in [0.2, 0.25) is 0 Å². The van der Waals surface area contributed by atoms with Gasteiger partial charge >= 0.3 is 12.1 Å². The van der Waals surface area contributed by atoms with Gasteiger partial charge in [0.2, 0.25) is 0 Å². The highest BCUT2D eigenvalue weighted by molar-refractivity contribution is 7.92. The molecule has 0 saturated carbocycles. The number of benzene rings is 2. The number of carboxylic acid groups (broad SMARTS) is 1. The zero-order valence-corrected chi connectivity index (χ0v) is 13.8. The van der Waals surface area contributed by atoms with Gasteiger partial charge in [-0.15, -0.1) is 0 Å². The molecule has 0 spiro atoms. The molecule has 2 rings (SSSR count). The normalized spacial score (nSPS) is 12.0. The molecule has 9 heteroatoms. The van der Waals surface area contributed by atoms with Crippen molar-refractivity contribution < 1.29 is 31.5 Å². The molecule has 2 aromatic carbocycles. The van der Waals surface area contributed by atoms with Gasteiger partial charge in [0.25, 0.3) is 10.0 Å². The van der Waals surface area contributed by atoms with Crippen molar-refractivity contribution in [2.75, 3.05) is 10.8 Å². The molecule has 0 saturated heterocycles. The minimum Gasteiger partial charge on any atom is -0.480 e. The van der Waals surface area contributed by atoms with Crippen LogP contribution in [0.4, 0.5) is 18.9 Å². The molecule has 134 valence electrons. The molecule has 25 heavy (non-hydrogen) atoms. The van der Waals surface area contributed by atoms with E-state index in [1.165, 1.54) is 12.1 Å². The van der Waals surface area contributed by atoms with Crippen LogP contribution >= 0.6 is 0 Å². The summed E-state index contributed by atoms with van der Waals surface area (Å²) in [4.78, 5) is 10.9. The van der Waals surface area contributed by atoms with E-state index in [9.17, 15) is 26.4 Å². The van der Waals surface area contributed by atoms with Gasteiger partial charge in [-0.05, 0) is 43.3 Å². The maximum Gasteiger partial charge on any atom is 0.416 e. The summed E-state index contributed by atoms with van der Waals surface area (Å²) in [6, 6.07) is 8.96. The predicted octanol–water partition coefficient (Wildman–Crippen LogP) is 3.29. The number of anilines is 1. The molecule has 0 aromatic heterocycles. The van der Waals surface area contributed by atoms with Gasteiger partial charge in [0.15, 0.2) is 0 Å². The van der Waals surface area contributed by atoms with E-state index in [0.717, 1.165) is 17.7 Å². The summed E-state index contributed by atoms with van der Waals surface area (Å²) in [5.74, 6) is -1.43. The van der Waals surface area contributed by atoms with Crippen molar-refractivity contribution >= 4 is 21.7 Å². The fourth-order valence-corrected chi connectivity index (χ4v) is 3.51. The van der Waals surface area contributed by atoms with Gasteiger partial charge in [0.1, 0.15) is 6.54 Å². The van der Waals surface area contributed by atoms with Crippen molar-refractivity contribution in [2.24, 2.45) is 0 Å². The summed E-state index contributed by atoms with van der Waals surface area (Å²) in [6.45, 7) is 0.836. The summed E-state index contributed by atoms with van der Waals surface area (Å²) < 4.78 is 63.9. The second-order valence-electron chi connectivity index (χ2n) is 5.26. The zero-order chi connectivity index (χ0) is 18.8. The Morgan fingerprint density at radius 2 is 1.56 bits per heavy atom. The molecule has 0 aliphatic rings. The lowest BCUT2D eigenvalue weighted by Gasteiger charge is -2.23. The highest BCUT2D eigenvalue weighted by Gasteiger charge is 2.32. The Labute approximate surface area is 142 Å². The lowest BCUT2D eigenvalue weighted by Crippen LogP contribution is -2.35. The molecule has 0 atom stereocenters. The predicted molar refractivity (Wildman–Crippen MR) is 84.8 cm³/mol. The second kappa shape index (κ2) is 6.75. The van der Waals surface area contributed by atoms with E-state index in [1.54, 1.807) is 19.1 Å². The number of halogens is 3. The van der Waals surface area contributed by atoms with Gasteiger partial charge in [-0.3, -0.25) is 9.10 Å². The minimum atomic E-state index is -4.58. The van der Waals surface area contributed by atoms with Crippen LogP contribution in [0.1, 0.15) is 11.1 Å². The van der Waals surface area contributed by atoms with Gasteiger partial charge in [-0.2, -0.15) is 13.2 Å². The average Bonchev–Trinajstić information content (AvgIpc) is 2.52. The molecule has 0 fully saturated rings. The molecule has 0 aliphatic carbocycles. The summed E-state index contributed by atoms with van der Waals surface area (Å²) in [5, 5.41) is 9.00. The summed E-state index contributed by atoms with van der Waals surface area (Å²) >= 11 is 0. The molecule has 0 heterocycles. The topological polar surface area (TPSA) is 74.7 Å². The molecule has 0 radical (unpaired) electrons. The third-order valence-electron chi connectivity index (χ3n) is 3.37. The number of carbonyl (C=O) groups is 1. The van der Waals surface area contributed by atoms with E-state index in [0.29, 0.717) is 16.4 Å². The van der Waals surface area contributed by atoms with E-state index in [2.05, 4.69) is 0 Å². The number of hydrogen-bond acceptors (Lipinski definition) is 3. The van der Waals surface area contributed by atoms with E-state index in [1.807, 2.05) is 0 Å². The van der Waals surface area contributed by atoms with Gasteiger partial charge in [0, 0.05) is 0 Å². The first-order chi connectivity index (χ1) is 11.5. The van der Waals surface area contributed by atoms with Gasteiger partial charge in [-0.1, -0.05) is 17.7 Å². The van der Waals surface area contributed by atoms with Gasteiger partial charge in [0.05, 0.1) is 16.1 Å². The number of rotatable bonds is 5. The van der Waals surface area contributed by atoms with Crippen LogP contribution in [0, 0.1) is 6.92 Å². The number of sulfonamides is 1. The van der Waals surface area contributed by atoms with Crippen LogP contribution in [-0.2, 0) is 21.0 Å². The maximum absolute atomic E-state index is 12.7. The zero-order valence-electron chi connectivity index (χ0n) is 13.0. The van der Waals surface area contributed by atoms with Crippen LogP contribution in [0.5, 0.6) is 0 Å². The number of aryl methyl sites for hydroxylation is 1. The van der Waals surface area contributed by atoms with Crippen molar-refractivity contribution in [1.82, 2.24) is 0 Å². The molecular weight excluding hydrogens is 359 g/mol. The molecule has 5 nitrogen and oxygen atoms in total. The van der Waals surface area contributed by atoms with Gasteiger partial charge in [-0.25, -0.2) is 8.42 Å². The van der Waals surface area contributed by atoms with E-state index >= 15 is 0 Å². The molecule has 0 amide bonds. The van der Waals surface area contributed by atoms with E-state index in [4.69, 9.17) is 5.11 Å². The van der Waals surface area contributed by atoms with Crippen molar-refractivity contribution in [3.63, 3.8) is 0 Å². The van der Waals surface area contributed by atoms with Crippen molar-refractivity contribution in [3.05, 3.63) is 59.7 Å². The molecular formula is C16H14F3NO4S. The number of nitrogens with zero attached hydrogens (tertiary/aromatic N) is 1. The minimum absolute atomic E-state index is 0.153. The van der Waals surface area contributed by atoms with Crippen LogP contribution < -0.4 is 4.31 Å². The Bertz CT molecular complexity index is 860. The Balaban J connectivity index is 2.49. The third kappa shape index (κ3) is 4.30. The highest BCUT2D eigenvalue weighted by atomic mass is 32.2. The first-order valence-electron chi connectivity index (χ1n) is 7.00. The van der Waals surface area contributed by atoms with Crippen molar-refractivity contribution in [3.8, 4) is 0 Å². The molecule has 1 N–H and O–H groups in total. The van der Waals surface area contributed by atoms with Crippen LogP contribution in [-0.4, -0.2) is 26.0 Å². The number of alkyl halides is 3. The van der Waals surface area contributed by atoms with Crippen LogP contribution in [0.25, 0.3) is 0 Å². The van der Waals surface area contributed by atoms with Gasteiger partial charge < -0.3 is 5.11 Å². The lowest BCUT2D eigenvalue weighted by atomic mass is 10.2. The summed E-state index contributed by atoms with van der Waals surface area (Å²) in [5.41, 5.74) is -0.325. The van der Waals surface area contributed by atoms with Crippen molar-refractivity contribution in [1.29, 1.82) is 0 Å². The van der Waals surface area contributed by atoms with E-state index in [-0.39, 0.29) is 10.6 Å². The summed E-state index contributed by atoms with van der Waals surface area (Å²) in [7, 11) is -4.24. The number of aliphatic carboxylic acids is 1.